The average Bonchev–Trinajstić information content (AvgIpc) is 3.20. The second kappa shape index (κ2) is 6.88. The van der Waals surface area contributed by atoms with Crippen molar-refractivity contribution in [3.8, 4) is 5.75 Å². The first-order valence-corrected chi connectivity index (χ1v) is 9.78. The lowest BCUT2D eigenvalue weighted by Gasteiger charge is -2.26. The van der Waals surface area contributed by atoms with E-state index < -0.39 is 25.0 Å². The van der Waals surface area contributed by atoms with Gasteiger partial charge in [-0.1, -0.05) is 0 Å². The second-order valence-corrected chi connectivity index (χ2v) is 9.36. The van der Waals surface area contributed by atoms with Crippen molar-refractivity contribution in [2.75, 3.05) is 32.9 Å². The maximum atomic E-state index is 12.6. The van der Waals surface area contributed by atoms with Crippen LogP contribution < -0.4 is 4.74 Å². The Morgan fingerprint density at radius 1 is 1.36 bits per heavy atom. The number of morpholine rings is 1. The Labute approximate surface area is 154 Å². The SMILES string of the molecule is O=[N+]([O-])c1cc(S(=O)(=O)N2CCOCC2)ccc1OC[C@H]1CC1(Cl)Cl. The van der Waals surface area contributed by atoms with Gasteiger partial charge >= 0.3 is 5.69 Å². The molecule has 0 amide bonds. The number of halogens is 2. The van der Waals surface area contributed by atoms with Crippen molar-refractivity contribution in [1.29, 1.82) is 0 Å². The molecule has 1 aromatic carbocycles. The van der Waals surface area contributed by atoms with E-state index in [0.717, 1.165) is 6.07 Å². The van der Waals surface area contributed by atoms with Crippen molar-refractivity contribution in [3.63, 3.8) is 0 Å². The molecule has 1 saturated heterocycles. The molecule has 0 N–H and O–H groups in total. The molecule has 1 aliphatic carbocycles. The first-order chi connectivity index (χ1) is 11.7. The van der Waals surface area contributed by atoms with Crippen LogP contribution >= 0.6 is 23.2 Å². The maximum Gasteiger partial charge on any atom is 0.312 e. The fourth-order valence-electron chi connectivity index (χ4n) is 2.50. The van der Waals surface area contributed by atoms with Gasteiger partial charge in [0.15, 0.2) is 5.75 Å². The quantitative estimate of drug-likeness (QED) is 0.404. The molecule has 1 saturated carbocycles. The van der Waals surface area contributed by atoms with Gasteiger partial charge in [0, 0.05) is 25.1 Å². The lowest BCUT2D eigenvalue weighted by molar-refractivity contribution is -0.386. The molecule has 3 rings (SSSR count). The number of ether oxygens (including phenoxy) is 2. The van der Waals surface area contributed by atoms with Crippen molar-refractivity contribution < 1.29 is 22.8 Å². The standard InChI is InChI=1S/C14H16Cl2N2O6S/c15-14(16)8-10(14)9-24-13-2-1-11(7-12(13)18(19)20)25(21,22)17-3-5-23-6-4-17/h1-2,7,10H,3-6,8-9H2/t10-/m1/s1. The minimum Gasteiger partial charge on any atom is -0.486 e. The Balaban J connectivity index is 1.82. The molecule has 0 unspecified atom stereocenters. The van der Waals surface area contributed by atoms with Gasteiger partial charge in [0.2, 0.25) is 10.0 Å². The zero-order chi connectivity index (χ0) is 18.2. The van der Waals surface area contributed by atoms with E-state index in [9.17, 15) is 18.5 Å². The van der Waals surface area contributed by atoms with Crippen LogP contribution in [-0.2, 0) is 14.8 Å². The Morgan fingerprint density at radius 3 is 2.56 bits per heavy atom. The van der Waals surface area contributed by atoms with Crippen molar-refractivity contribution in [2.24, 2.45) is 5.92 Å². The third-order valence-corrected chi connectivity index (χ3v) is 6.95. The summed E-state index contributed by atoms with van der Waals surface area (Å²) in [5, 5.41) is 11.3. The molecule has 0 spiro atoms. The summed E-state index contributed by atoms with van der Waals surface area (Å²) >= 11 is 11.8. The average molecular weight is 411 g/mol. The highest BCUT2D eigenvalue weighted by atomic mass is 35.5. The van der Waals surface area contributed by atoms with Gasteiger partial charge < -0.3 is 9.47 Å². The fraction of sp³-hybridized carbons (Fsp3) is 0.571. The monoisotopic (exact) mass is 410 g/mol. The summed E-state index contributed by atoms with van der Waals surface area (Å²) < 4.78 is 36.2. The Hall–Kier alpha value is -1.13. The Morgan fingerprint density at radius 2 is 2.00 bits per heavy atom. The van der Waals surface area contributed by atoms with Crippen LogP contribution in [0, 0.1) is 16.0 Å². The third kappa shape index (κ3) is 4.01. The van der Waals surface area contributed by atoms with Crippen molar-refractivity contribution in [3.05, 3.63) is 28.3 Å². The van der Waals surface area contributed by atoms with E-state index in [1.165, 1.54) is 16.4 Å². The van der Waals surface area contributed by atoms with Gasteiger partial charge in [0.1, 0.15) is 4.33 Å². The lowest BCUT2D eigenvalue weighted by atomic mass is 10.3. The highest BCUT2D eigenvalue weighted by Gasteiger charge is 2.52. The molecule has 138 valence electrons. The molecule has 2 aliphatic rings. The molecule has 11 heteroatoms. The summed E-state index contributed by atoms with van der Waals surface area (Å²) in [5.41, 5.74) is -0.412. The summed E-state index contributed by atoms with van der Waals surface area (Å²) in [6, 6.07) is 3.61. The smallest absolute Gasteiger partial charge is 0.312 e. The number of hydrogen-bond donors (Lipinski definition) is 0. The van der Waals surface area contributed by atoms with Gasteiger partial charge in [-0.05, 0) is 18.6 Å². The number of hydrogen-bond acceptors (Lipinski definition) is 6. The molecule has 0 radical (unpaired) electrons. The topological polar surface area (TPSA) is 99.0 Å². The number of alkyl halides is 2. The summed E-state index contributed by atoms with van der Waals surface area (Å²) in [6.07, 6.45) is 0.549. The van der Waals surface area contributed by atoms with Gasteiger partial charge in [-0.3, -0.25) is 10.1 Å². The third-order valence-electron chi connectivity index (χ3n) is 4.13. The Bertz CT molecular complexity index is 780. The highest BCUT2D eigenvalue weighted by Crippen LogP contribution is 2.53. The van der Waals surface area contributed by atoms with Crippen LogP contribution in [0.5, 0.6) is 5.75 Å². The van der Waals surface area contributed by atoms with Crippen molar-refractivity contribution >= 4 is 38.9 Å². The molecule has 1 aromatic rings. The van der Waals surface area contributed by atoms with Gasteiger partial charge in [-0.25, -0.2) is 8.42 Å². The summed E-state index contributed by atoms with van der Waals surface area (Å²) in [7, 11) is -3.82. The number of rotatable bonds is 6. The molecule has 8 nitrogen and oxygen atoms in total. The van der Waals surface area contributed by atoms with Gasteiger partial charge in [-0.15, -0.1) is 23.2 Å². The molecule has 1 atom stereocenters. The van der Waals surface area contributed by atoms with E-state index in [1.807, 2.05) is 0 Å². The van der Waals surface area contributed by atoms with E-state index >= 15 is 0 Å². The van der Waals surface area contributed by atoms with E-state index in [2.05, 4.69) is 0 Å². The molecular formula is C14H16Cl2N2O6S. The van der Waals surface area contributed by atoms with Gasteiger partial charge in [-0.2, -0.15) is 4.31 Å². The zero-order valence-electron chi connectivity index (χ0n) is 13.1. The van der Waals surface area contributed by atoms with Crippen LogP contribution in [0.15, 0.2) is 23.1 Å². The van der Waals surface area contributed by atoms with Gasteiger partial charge in [0.05, 0.1) is 29.6 Å². The maximum absolute atomic E-state index is 12.6. The number of nitrogens with zero attached hydrogens (tertiary/aromatic N) is 2. The Kier molecular flexibility index (Phi) is 5.13. The van der Waals surface area contributed by atoms with Crippen LogP contribution in [0.1, 0.15) is 6.42 Å². The normalized spacial score (nSPS) is 23.2. The van der Waals surface area contributed by atoms with Gasteiger partial charge in [0.25, 0.3) is 0 Å². The number of nitro groups is 1. The highest BCUT2D eigenvalue weighted by molar-refractivity contribution is 7.89. The molecular weight excluding hydrogens is 395 g/mol. The van der Waals surface area contributed by atoms with E-state index in [0.29, 0.717) is 19.6 Å². The van der Waals surface area contributed by atoms with E-state index in [-0.39, 0.29) is 36.3 Å². The minimum atomic E-state index is -3.82. The molecule has 1 heterocycles. The van der Waals surface area contributed by atoms with Crippen molar-refractivity contribution in [2.45, 2.75) is 15.6 Å². The van der Waals surface area contributed by atoms with E-state index in [4.69, 9.17) is 32.7 Å². The predicted octanol–water partition coefficient (Wildman–Crippen LogP) is 2.19. The molecule has 25 heavy (non-hydrogen) atoms. The first kappa shape index (κ1) is 18.7. The van der Waals surface area contributed by atoms with Crippen LogP contribution in [0.4, 0.5) is 5.69 Å². The molecule has 2 fully saturated rings. The molecule has 1 aliphatic heterocycles. The largest absolute Gasteiger partial charge is 0.486 e. The number of benzene rings is 1. The van der Waals surface area contributed by atoms with Crippen LogP contribution in [-0.4, -0.2) is 54.9 Å². The lowest BCUT2D eigenvalue weighted by Crippen LogP contribution is -2.40. The number of nitro benzene ring substituents is 1. The zero-order valence-corrected chi connectivity index (χ0v) is 15.4. The van der Waals surface area contributed by atoms with E-state index in [1.54, 1.807) is 0 Å². The summed E-state index contributed by atoms with van der Waals surface area (Å²) in [6.45, 7) is 1.14. The summed E-state index contributed by atoms with van der Waals surface area (Å²) in [4.78, 5) is 10.5. The molecule has 0 aromatic heterocycles. The molecule has 0 bridgehead atoms. The fourth-order valence-corrected chi connectivity index (χ4v) is 4.43. The van der Waals surface area contributed by atoms with Crippen LogP contribution in [0.2, 0.25) is 0 Å². The second-order valence-electron chi connectivity index (χ2n) is 5.88. The van der Waals surface area contributed by atoms with Crippen LogP contribution in [0.25, 0.3) is 0 Å². The minimum absolute atomic E-state index is 0.0121. The van der Waals surface area contributed by atoms with Crippen molar-refractivity contribution in [1.82, 2.24) is 4.31 Å². The van der Waals surface area contributed by atoms with Crippen LogP contribution in [0.3, 0.4) is 0 Å². The number of sulfonamides is 1. The summed E-state index contributed by atoms with van der Waals surface area (Å²) in [5.74, 6) is -0.117. The predicted molar refractivity (Wildman–Crippen MR) is 90.7 cm³/mol. The first-order valence-electron chi connectivity index (χ1n) is 7.59.